The van der Waals surface area contributed by atoms with E-state index in [0.29, 0.717) is 76.0 Å². The van der Waals surface area contributed by atoms with Gasteiger partial charge in [0.15, 0.2) is 0 Å². The molecule has 20 heteroatoms. The predicted octanol–water partition coefficient (Wildman–Crippen LogP) is 5.40. The molecule has 1 aromatic carbocycles. The summed E-state index contributed by atoms with van der Waals surface area (Å²) in [5.74, 6) is 0.486. The third-order valence-electron chi connectivity index (χ3n) is 14.7. The third kappa shape index (κ3) is 12.5. The maximum Gasteiger partial charge on any atom is 0.246 e. The number of carbonyl (C=O) groups is 4. The van der Waals surface area contributed by atoms with E-state index >= 15 is 0 Å². The molecule has 4 aromatic rings. The Labute approximate surface area is 430 Å². The average Bonchev–Trinajstić information content (AvgIpc) is 3.98. The van der Waals surface area contributed by atoms with Crippen molar-refractivity contribution >= 4 is 70.0 Å². The number of aliphatic hydroxyl groups excluding tert-OH is 1. The van der Waals surface area contributed by atoms with Crippen molar-refractivity contribution < 1.29 is 24.3 Å². The van der Waals surface area contributed by atoms with E-state index in [1.807, 2.05) is 74.6 Å². The first kappa shape index (κ1) is 52.4. The number of likely N-dealkylation sites (tertiary alicyclic amines) is 1. The Bertz CT molecular complexity index is 2500. The van der Waals surface area contributed by atoms with E-state index in [2.05, 4.69) is 42.2 Å². The van der Waals surface area contributed by atoms with Crippen LogP contribution < -0.4 is 26.2 Å². The molecule has 0 unspecified atom stereocenters. The number of aliphatic hydroxyl groups is 1. The molecule has 4 aliphatic rings. The minimum Gasteiger partial charge on any atom is -0.391 e. The van der Waals surface area contributed by atoms with Crippen LogP contribution in [0.15, 0.2) is 64.4 Å². The zero-order valence-corrected chi connectivity index (χ0v) is 44.2. The molecule has 4 fully saturated rings. The van der Waals surface area contributed by atoms with Crippen LogP contribution in [0.3, 0.4) is 0 Å². The number of thiazole rings is 1. The van der Waals surface area contributed by atoms with Crippen LogP contribution in [-0.4, -0.2) is 154 Å². The standard InChI is InChI=1S/C51H69ClN12O5S2/c1-32-44(70-31-57-32)35-9-7-34(8-10-35)38(59-47(67)39-25-37(66)28-64(39)49(69)45(50(3,4)5)58-33(2)65)29-60-21-23-63(24-22-60)48(68)36-12-17-62(18-13-36)46-43(52)40(11-16-54-46)71-42-27-55-41(26-56-42)61-19-14-51(6,30-53)15-20-61/h7-11,16,26-27,31,36-39,45,66H,12-15,17-25,28-30,53H2,1-6H3,(H,58,65)(H,59,67)/t37-,38+,39+,45-/m1/s1. The summed E-state index contributed by atoms with van der Waals surface area (Å²) in [6.07, 6.45) is 8.02. The topological polar surface area (TPSA) is 206 Å². The van der Waals surface area contributed by atoms with Crippen molar-refractivity contribution in [1.82, 2.24) is 45.3 Å². The molecule has 5 N–H and O–H groups in total. The number of halogens is 1. The minimum absolute atomic E-state index is 0.00981. The van der Waals surface area contributed by atoms with Gasteiger partial charge in [0, 0.05) is 95.8 Å². The number of benzene rings is 1. The minimum atomic E-state index is -0.925. The van der Waals surface area contributed by atoms with Gasteiger partial charge in [0.05, 0.1) is 45.6 Å². The number of nitrogens with two attached hydrogens (primary N) is 1. The number of aromatic nitrogens is 4. The molecule has 17 nitrogen and oxygen atoms in total. The van der Waals surface area contributed by atoms with Crippen molar-refractivity contribution in [2.24, 2.45) is 22.5 Å². The van der Waals surface area contributed by atoms with E-state index < -0.39 is 35.6 Å². The van der Waals surface area contributed by atoms with Gasteiger partial charge in [-0.3, -0.25) is 24.1 Å². The summed E-state index contributed by atoms with van der Waals surface area (Å²) in [5, 5.41) is 18.2. The maximum absolute atomic E-state index is 14.3. The third-order valence-corrected chi connectivity index (χ3v) is 17.1. The number of carbonyl (C=O) groups excluding carboxylic acids is 4. The van der Waals surface area contributed by atoms with Crippen molar-refractivity contribution in [3.8, 4) is 10.4 Å². The van der Waals surface area contributed by atoms with E-state index in [4.69, 9.17) is 27.3 Å². The first-order chi connectivity index (χ1) is 33.9. The molecule has 382 valence electrons. The van der Waals surface area contributed by atoms with Crippen molar-refractivity contribution in [1.29, 1.82) is 0 Å². The highest BCUT2D eigenvalue weighted by Gasteiger charge is 2.45. The highest BCUT2D eigenvalue weighted by atomic mass is 35.5. The number of hydrogen-bond acceptors (Lipinski definition) is 15. The number of anilines is 2. The van der Waals surface area contributed by atoms with Crippen LogP contribution >= 0.6 is 34.7 Å². The van der Waals surface area contributed by atoms with Gasteiger partial charge in [-0.2, -0.15) is 0 Å². The molecule has 0 saturated carbocycles. The Morgan fingerprint density at radius 2 is 1.63 bits per heavy atom. The summed E-state index contributed by atoms with van der Waals surface area (Å²) in [5.41, 5.74) is 10.3. The van der Waals surface area contributed by atoms with Gasteiger partial charge in [0.2, 0.25) is 23.6 Å². The molecule has 4 aliphatic heterocycles. The Balaban J connectivity index is 0.870. The van der Waals surface area contributed by atoms with E-state index in [1.165, 1.54) is 23.6 Å². The van der Waals surface area contributed by atoms with Gasteiger partial charge in [0.25, 0.3) is 0 Å². The SMILES string of the molecule is CC(=O)N[C@H](C(=O)N1C[C@H](O)C[C@H]1C(=O)N[C@@H](CN1CCN(C(=O)C2CCN(c3nccc(Sc4cnc(N5CCC(C)(CN)CC5)cn4)c3Cl)CC2)CC1)c1ccc(-c2scnc2C)cc1)C(C)(C)C. The van der Waals surface area contributed by atoms with Crippen LogP contribution in [0.25, 0.3) is 10.4 Å². The molecular weight excluding hydrogens is 960 g/mol. The second-order valence-electron chi connectivity index (χ2n) is 21.0. The van der Waals surface area contributed by atoms with E-state index in [0.717, 1.165) is 63.4 Å². The van der Waals surface area contributed by atoms with Gasteiger partial charge in [-0.15, -0.1) is 11.3 Å². The number of β-amino-alcohol motifs (C(OH)–C–C–N with tert-alkyl or cyclic N) is 1. The lowest BCUT2D eigenvalue weighted by Crippen LogP contribution is -2.58. The smallest absolute Gasteiger partial charge is 0.246 e. The van der Waals surface area contributed by atoms with Gasteiger partial charge >= 0.3 is 0 Å². The number of piperazine rings is 1. The lowest BCUT2D eigenvalue weighted by molar-refractivity contribution is -0.144. The van der Waals surface area contributed by atoms with Gasteiger partial charge in [-0.05, 0) is 67.2 Å². The van der Waals surface area contributed by atoms with Crippen LogP contribution in [0.5, 0.6) is 0 Å². The zero-order chi connectivity index (χ0) is 50.6. The Morgan fingerprint density at radius 3 is 2.24 bits per heavy atom. The van der Waals surface area contributed by atoms with E-state index in [9.17, 15) is 24.3 Å². The molecule has 8 rings (SSSR count). The van der Waals surface area contributed by atoms with Crippen LogP contribution in [0.2, 0.25) is 5.02 Å². The number of pyridine rings is 1. The molecule has 0 radical (unpaired) electrons. The first-order valence-corrected chi connectivity index (χ1v) is 26.9. The normalized spacial score (nSPS) is 21.0. The number of hydrogen-bond donors (Lipinski definition) is 4. The Kier molecular flexibility index (Phi) is 16.6. The lowest BCUT2D eigenvalue weighted by atomic mass is 9.80. The lowest BCUT2D eigenvalue weighted by Gasteiger charge is -2.40. The molecule has 4 atom stereocenters. The predicted molar refractivity (Wildman–Crippen MR) is 278 cm³/mol. The van der Waals surface area contributed by atoms with Gasteiger partial charge < -0.3 is 41.1 Å². The molecule has 0 aliphatic carbocycles. The summed E-state index contributed by atoms with van der Waals surface area (Å²) in [4.78, 5) is 85.1. The van der Waals surface area contributed by atoms with Crippen molar-refractivity contribution in [2.75, 3.05) is 81.8 Å². The molecule has 0 spiro atoms. The van der Waals surface area contributed by atoms with E-state index in [-0.39, 0.29) is 42.0 Å². The second kappa shape index (κ2) is 22.5. The van der Waals surface area contributed by atoms with Gasteiger partial charge in [-0.1, -0.05) is 75.3 Å². The molecule has 4 amide bonds. The molecule has 7 heterocycles. The fourth-order valence-corrected chi connectivity index (χ4v) is 12.0. The van der Waals surface area contributed by atoms with Crippen LogP contribution in [-0.2, 0) is 19.2 Å². The van der Waals surface area contributed by atoms with Crippen molar-refractivity contribution in [3.63, 3.8) is 0 Å². The van der Waals surface area contributed by atoms with Crippen LogP contribution in [0.4, 0.5) is 11.6 Å². The average molecular weight is 1030 g/mol. The highest BCUT2D eigenvalue weighted by Crippen LogP contribution is 2.39. The van der Waals surface area contributed by atoms with Gasteiger partial charge in [0.1, 0.15) is 28.7 Å². The number of nitrogens with one attached hydrogen (secondary N) is 2. The number of aryl methyl sites for hydroxylation is 1. The number of nitrogens with zero attached hydrogens (tertiary/aromatic N) is 9. The van der Waals surface area contributed by atoms with Crippen LogP contribution in [0.1, 0.15) is 84.0 Å². The summed E-state index contributed by atoms with van der Waals surface area (Å²) in [6.45, 7) is 17.8. The summed E-state index contributed by atoms with van der Waals surface area (Å²) in [6, 6.07) is 7.74. The molecule has 4 saturated heterocycles. The number of rotatable bonds is 14. The fourth-order valence-electron chi connectivity index (χ4n) is 10.1. The summed E-state index contributed by atoms with van der Waals surface area (Å²) in [7, 11) is 0. The Morgan fingerprint density at radius 1 is 0.930 bits per heavy atom. The van der Waals surface area contributed by atoms with Crippen molar-refractivity contribution in [3.05, 3.63) is 70.7 Å². The molecule has 3 aromatic heterocycles. The molecule has 0 bridgehead atoms. The molecular formula is C51H69ClN12O5S2. The monoisotopic (exact) mass is 1030 g/mol. The highest BCUT2D eigenvalue weighted by molar-refractivity contribution is 7.99. The number of piperidine rings is 2. The number of amides is 4. The fraction of sp³-hybridized carbons (Fsp3) is 0.569. The quantitative estimate of drug-likeness (QED) is 0.125. The maximum atomic E-state index is 14.3. The largest absolute Gasteiger partial charge is 0.391 e. The first-order valence-electron chi connectivity index (χ1n) is 24.8. The second-order valence-corrected chi connectivity index (χ2v) is 23.3. The van der Waals surface area contributed by atoms with Crippen LogP contribution in [0, 0.1) is 23.7 Å². The Hall–Kier alpha value is -4.92. The van der Waals surface area contributed by atoms with E-state index in [1.54, 1.807) is 23.7 Å². The molecule has 71 heavy (non-hydrogen) atoms. The summed E-state index contributed by atoms with van der Waals surface area (Å²) >= 11 is 10.1. The zero-order valence-electron chi connectivity index (χ0n) is 41.8. The van der Waals surface area contributed by atoms with Crippen molar-refractivity contribution in [2.45, 2.75) is 108 Å². The van der Waals surface area contributed by atoms with Gasteiger partial charge in [-0.25, -0.2) is 19.9 Å². The summed E-state index contributed by atoms with van der Waals surface area (Å²) < 4.78 is 0.